The van der Waals surface area contributed by atoms with Crippen LogP contribution in [0.3, 0.4) is 0 Å². The van der Waals surface area contributed by atoms with Crippen LogP contribution in [0.1, 0.15) is 24.8 Å². The lowest BCUT2D eigenvalue weighted by Crippen LogP contribution is -2.10. The van der Waals surface area contributed by atoms with Gasteiger partial charge >= 0.3 is 11.9 Å². The van der Waals surface area contributed by atoms with Crippen molar-refractivity contribution in [2.45, 2.75) is 19.3 Å². The van der Waals surface area contributed by atoms with Crippen LogP contribution in [0.2, 0.25) is 0 Å². The molecule has 2 rings (SSSR count). The molecule has 0 amide bonds. The molecule has 0 spiro atoms. The lowest BCUT2D eigenvalue weighted by atomic mass is 10.2. The molecule has 32 heavy (non-hydrogen) atoms. The number of carbonyl (C=O) groups is 2. The summed E-state index contributed by atoms with van der Waals surface area (Å²) in [6.45, 7) is 1.32. The van der Waals surface area contributed by atoms with E-state index in [9.17, 15) is 9.59 Å². The number of hydrogen-bond donors (Lipinski definition) is 4. The number of rotatable bonds is 12. The molecule has 0 heterocycles. The van der Waals surface area contributed by atoms with Gasteiger partial charge in [0.25, 0.3) is 0 Å². The lowest BCUT2D eigenvalue weighted by molar-refractivity contribution is -0.134. The predicted octanol–water partition coefficient (Wildman–Crippen LogP) is 3.32. The molecule has 2 aromatic rings. The average Bonchev–Trinajstić information content (AvgIpc) is 2.78. The molecule has 0 unspecified atom stereocenters. The van der Waals surface area contributed by atoms with Crippen LogP contribution in [0, 0.1) is 5.41 Å². The molecule has 0 fully saturated rings. The fraction of sp³-hybridized carbons (Fsp3) is 0.261. The number of hydrogen-bond acceptors (Lipinski definition) is 6. The number of methoxy groups -OCH3 is 1. The van der Waals surface area contributed by atoms with Gasteiger partial charge in [-0.05, 0) is 55.7 Å². The Kier molecular flexibility index (Phi) is 12.1. The summed E-state index contributed by atoms with van der Waals surface area (Å²) < 4.78 is 16.6. The second-order valence-electron chi connectivity index (χ2n) is 6.36. The highest BCUT2D eigenvalue weighted by Gasteiger charge is 2.02. The van der Waals surface area contributed by atoms with Crippen molar-refractivity contribution in [1.82, 2.24) is 0 Å². The minimum Gasteiger partial charge on any atom is -0.494 e. The van der Waals surface area contributed by atoms with Crippen molar-refractivity contribution in [3.05, 3.63) is 66.2 Å². The largest absolute Gasteiger partial charge is 0.494 e. The number of carboxylic acid groups (broad SMARTS) is 2. The van der Waals surface area contributed by atoms with Gasteiger partial charge in [0, 0.05) is 17.7 Å². The number of nitrogens with one attached hydrogen (secondary N) is 1. The summed E-state index contributed by atoms with van der Waals surface area (Å²) in [4.78, 5) is 19.1. The first-order chi connectivity index (χ1) is 15.3. The average molecular weight is 444 g/mol. The van der Waals surface area contributed by atoms with Crippen LogP contribution in [-0.4, -0.2) is 48.3 Å². The summed E-state index contributed by atoms with van der Waals surface area (Å²) in [6.07, 6.45) is 4.07. The van der Waals surface area contributed by atoms with E-state index in [1.54, 1.807) is 19.2 Å². The number of nitrogens with two attached hydrogens (primary N) is 1. The van der Waals surface area contributed by atoms with Gasteiger partial charge in [-0.1, -0.05) is 12.1 Å². The van der Waals surface area contributed by atoms with Crippen molar-refractivity contribution in [1.29, 1.82) is 5.41 Å². The van der Waals surface area contributed by atoms with E-state index < -0.39 is 11.9 Å². The van der Waals surface area contributed by atoms with Gasteiger partial charge in [0.1, 0.15) is 11.6 Å². The molecule has 0 aliphatic rings. The Morgan fingerprint density at radius 3 is 1.91 bits per heavy atom. The zero-order valence-corrected chi connectivity index (χ0v) is 17.8. The first-order valence-electron chi connectivity index (χ1n) is 9.80. The SMILES string of the molecule is COc1ccccc1OCCCCCOc1ccc(C(=N)N)cc1.O=C(O)/C=C\C(=O)O. The highest BCUT2D eigenvalue weighted by Crippen LogP contribution is 2.25. The standard InChI is InChI=1S/C19H24N2O3.C4H4O4/c1-22-17-7-3-4-8-18(17)24-14-6-2-5-13-23-16-11-9-15(10-12-16)19(20)21;5-3(6)1-2-4(7)8/h3-4,7-12H,2,5-6,13-14H2,1H3,(H3,20,21);1-2H,(H,5,6)(H,7,8)/b;2-1-. The van der Waals surface area contributed by atoms with Crippen LogP contribution >= 0.6 is 0 Å². The van der Waals surface area contributed by atoms with Gasteiger partial charge in [-0.3, -0.25) is 5.41 Å². The van der Waals surface area contributed by atoms with Gasteiger partial charge in [0.2, 0.25) is 0 Å². The smallest absolute Gasteiger partial charge is 0.328 e. The van der Waals surface area contributed by atoms with Crippen molar-refractivity contribution in [2.75, 3.05) is 20.3 Å². The van der Waals surface area contributed by atoms with E-state index >= 15 is 0 Å². The fourth-order valence-electron chi connectivity index (χ4n) is 2.36. The molecule has 5 N–H and O–H groups in total. The maximum atomic E-state index is 9.55. The summed E-state index contributed by atoms with van der Waals surface area (Å²) in [7, 11) is 1.64. The summed E-state index contributed by atoms with van der Waals surface area (Å²) in [5, 5.41) is 23.0. The Balaban J connectivity index is 0.000000547. The van der Waals surface area contributed by atoms with Gasteiger partial charge in [-0.15, -0.1) is 0 Å². The van der Waals surface area contributed by atoms with Crippen molar-refractivity contribution in [2.24, 2.45) is 5.73 Å². The van der Waals surface area contributed by atoms with Crippen LogP contribution in [0.5, 0.6) is 17.2 Å². The molecular formula is C23H28N2O7. The van der Waals surface area contributed by atoms with Gasteiger partial charge in [-0.25, -0.2) is 9.59 Å². The molecule has 0 aromatic heterocycles. The number of carboxylic acids is 2. The molecule has 0 saturated heterocycles. The molecule has 2 aromatic carbocycles. The van der Waals surface area contributed by atoms with Crippen LogP contribution < -0.4 is 19.9 Å². The van der Waals surface area contributed by atoms with E-state index in [0.717, 1.165) is 36.5 Å². The van der Waals surface area contributed by atoms with E-state index in [-0.39, 0.29) is 5.84 Å². The third kappa shape index (κ3) is 11.2. The topological polar surface area (TPSA) is 152 Å². The number of benzene rings is 2. The monoisotopic (exact) mass is 444 g/mol. The molecule has 172 valence electrons. The van der Waals surface area contributed by atoms with E-state index in [1.807, 2.05) is 36.4 Å². The van der Waals surface area contributed by atoms with Crippen molar-refractivity contribution < 1.29 is 34.0 Å². The molecule has 9 heteroatoms. The molecule has 0 radical (unpaired) electrons. The second kappa shape index (κ2) is 14.9. The number of ether oxygens (including phenoxy) is 3. The molecule has 0 bridgehead atoms. The summed E-state index contributed by atoms with van der Waals surface area (Å²) in [5.74, 6) is -0.113. The third-order valence-electron chi connectivity index (χ3n) is 3.92. The third-order valence-corrected chi connectivity index (χ3v) is 3.92. The first kappa shape index (κ1) is 26.0. The van der Waals surface area contributed by atoms with Crippen molar-refractivity contribution in [3.8, 4) is 17.2 Å². The Hall–Kier alpha value is -4.01. The fourth-order valence-corrected chi connectivity index (χ4v) is 2.36. The maximum absolute atomic E-state index is 9.55. The number of para-hydroxylation sites is 2. The summed E-state index contributed by atoms with van der Waals surface area (Å²) in [5.41, 5.74) is 6.12. The second-order valence-corrected chi connectivity index (χ2v) is 6.36. The number of amidine groups is 1. The number of unbranched alkanes of at least 4 members (excludes halogenated alkanes) is 2. The van der Waals surface area contributed by atoms with Crippen LogP contribution in [0.15, 0.2) is 60.7 Å². The van der Waals surface area contributed by atoms with Gasteiger partial charge in [0.05, 0.1) is 20.3 Å². The summed E-state index contributed by atoms with van der Waals surface area (Å²) >= 11 is 0. The van der Waals surface area contributed by atoms with Crippen LogP contribution in [-0.2, 0) is 9.59 Å². The van der Waals surface area contributed by atoms with Gasteiger partial charge < -0.3 is 30.2 Å². The maximum Gasteiger partial charge on any atom is 0.328 e. The quantitative estimate of drug-likeness (QED) is 0.168. The van der Waals surface area contributed by atoms with Crippen molar-refractivity contribution in [3.63, 3.8) is 0 Å². The van der Waals surface area contributed by atoms with E-state index in [4.69, 9.17) is 35.6 Å². The Morgan fingerprint density at radius 1 is 0.875 bits per heavy atom. The molecule has 0 aliphatic carbocycles. The number of nitrogen functional groups attached to an aromatic ring is 1. The van der Waals surface area contributed by atoms with Gasteiger partial charge in [0.15, 0.2) is 11.5 Å². The summed E-state index contributed by atoms with van der Waals surface area (Å²) in [6, 6.07) is 14.9. The first-order valence-corrected chi connectivity index (χ1v) is 9.80. The highest BCUT2D eigenvalue weighted by molar-refractivity contribution is 5.95. The molecule has 0 atom stereocenters. The minimum atomic E-state index is -1.26. The Bertz CT molecular complexity index is 879. The van der Waals surface area contributed by atoms with E-state index in [0.29, 0.717) is 30.9 Å². The highest BCUT2D eigenvalue weighted by atomic mass is 16.5. The normalized spacial score (nSPS) is 10.0. The van der Waals surface area contributed by atoms with Crippen molar-refractivity contribution >= 4 is 17.8 Å². The Labute approximate surface area is 186 Å². The molecule has 9 nitrogen and oxygen atoms in total. The molecular weight excluding hydrogens is 416 g/mol. The Morgan fingerprint density at radius 2 is 1.41 bits per heavy atom. The lowest BCUT2D eigenvalue weighted by Gasteiger charge is -2.10. The molecule has 0 saturated carbocycles. The molecule has 0 aliphatic heterocycles. The predicted molar refractivity (Wildman–Crippen MR) is 120 cm³/mol. The zero-order chi connectivity index (χ0) is 23.8. The zero-order valence-electron chi connectivity index (χ0n) is 17.8. The minimum absolute atomic E-state index is 0.0663. The van der Waals surface area contributed by atoms with E-state index in [1.165, 1.54) is 0 Å². The van der Waals surface area contributed by atoms with Crippen LogP contribution in [0.25, 0.3) is 0 Å². The van der Waals surface area contributed by atoms with Crippen LogP contribution in [0.4, 0.5) is 0 Å². The number of aliphatic carboxylic acids is 2. The van der Waals surface area contributed by atoms with E-state index in [2.05, 4.69) is 0 Å². The van der Waals surface area contributed by atoms with Gasteiger partial charge in [-0.2, -0.15) is 0 Å².